The Morgan fingerprint density at radius 2 is 2.06 bits per heavy atom. The molecule has 0 radical (unpaired) electrons. The molecular weight excluding hydrogens is 209 g/mol. The molecule has 4 heteroatoms. The van der Waals surface area contributed by atoms with E-state index in [9.17, 15) is 9.18 Å². The summed E-state index contributed by atoms with van der Waals surface area (Å²) in [4.78, 5) is 10.8. The maximum atomic E-state index is 13.2. The number of hydrogen-bond acceptors (Lipinski definition) is 2. The summed E-state index contributed by atoms with van der Waals surface area (Å²) in [5, 5.41) is 12.1. The number of benzene rings is 1. The molecule has 2 N–H and O–H groups in total. The summed E-state index contributed by atoms with van der Waals surface area (Å²) in [6, 6.07) is 4.41. The number of carboxylic acid groups (broad SMARTS) is 1. The molecule has 0 amide bonds. The summed E-state index contributed by atoms with van der Waals surface area (Å²) in [5.41, 5.74) is 0.705. The predicted molar refractivity (Wildman–Crippen MR) is 58.2 cm³/mol. The smallest absolute Gasteiger partial charge is 0.338 e. The van der Waals surface area contributed by atoms with E-state index in [0.717, 1.165) is 31.5 Å². The third kappa shape index (κ3) is 2.22. The molecule has 1 aliphatic heterocycles. The molecule has 2 rings (SSSR count). The lowest BCUT2D eigenvalue weighted by Gasteiger charge is -2.23. The summed E-state index contributed by atoms with van der Waals surface area (Å²) < 4.78 is 13.2. The fraction of sp³-hybridized carbons (Fsp3) is 0.417. The lowest BCUT2D eigenvalue weighted by molar-refractivity contribution is 0.0691. The van der Waals surface area contributed by atoms with E-state index in [1.165, 1.54) is 12.1 Å². The summed E-state index contributed by atoms with van der Waals surface area (Å²) >= 11 is 0. The van der Waals surface area contributed by atoms with Gasteiger partial charge in [0.1, 0.15) is 5.82 Å². The molecule has 0 unspecified atom stereocenters. The van der Waals surface area contributed by atoms with Crippen molar-refractivity contribution in [2.45, 2.75) is 18.8 Å². The lowest BCUT2D eigenvalue weighted by atomic mass is 9.89. The van der Waals surface area contributed by atoms with Gasteiger partial charge in [0.15, 0.2) is 0 Å². The SMILES string of the molecule is O=C(O)c1cc(C2CCNCC2)ccc1F. The summed E-state index contributed by atoms with van der Waals surface area (Å²) in [5.74, 6) is -1.52. The van der Waals surface area contributed by atoms with E-state index < -0.39 is 11.8 Å². The average Bonchev–Trinajstić information content (AvgIpc) is 2.30. The van der Waals surface area contributed by atoms with Crippen LogP contribution in [0.3, 0.4) is 0 Å². The first-order valence-electron chi connectivity index (χ1n) is 5.42. The van der Waals surface area contributed by atoms with Crippen molar-refractivity contribution in [3.63, 3.8) is 0 Å². The van der Waals surface area contributed by atoms with Gasteiger partial charge in [-0.2, -0.15) is 0 Å². The van der Waals surface area contributed by atoms with Crippen LogP contribution in [0.25, 0.3) is 0 Å². The van der Waals surface area contributed by atoms with Crippen molar-refractivity contribution in [3.05, 3.63) is 35.1 Å². The van der Waals surface area contributed by atoms with Gasteiger partial charge in [0.2, 0.25) is 0 Å². The number of rotatable bonds is 2. The van der Waals surface area contributed by atoms with Gasteiger partial charge in [-0.25, -0.2) is 9.18 Å². The van der Waals surface area contributed by atoms with E-state index >= 15 is 0 Å². The van der Waals surface area contributed by atoms with Gasteiger partial charge in [-0.05, 0) is 49.5 Å². The molecule has 0 spiro atoms. The van der Waals surface area contributed by atoms with Crippen molar-refractivity contribution in [1.82, 2.24) is 5.32 Å². The average molecular weight is 223 g/mol. The Hall–Kier alpha value is -1.42. The Bertz CT molecular complexity index is 400. The zero-order valence-electron chi connectivity index (χ0n) is 8.87. The van der Waals surface area contributed by atoms with Crippen molar-refractivity contribution in [2.75, 3.05) is 13.1 Å². The number of aromatic carboxylic acids is 1. The number of halogens is 1. The molecule has 16 heavy (non-hydrogen) atoms. The Labute approximate surface area is 93.3 Å². The van der Waals surface area contributed by atoms with Crippen LogP contribution in [-0.4, -0.2) is 24.2 Å². The van der Waals surface area contributed by atoms with Crippen molar-refractivity contribution in [3.8, 4) is 0 Å². The molecule has 86 valence electrons. The topological polar surface area (TPSA) is 49.3 Å². The number of carboxylic acids is 1. The second-order valence-corrected chi connectivity index (χ2v) is 4.07. The minimum Gasteiger partial charge on any atom is -0.478 e. The third-order valence-corrected chi connectivity index (χ3v) is 3.03. The normalized spacial score (nSPS) is 17.3. The molecule has 1 fully saturated rings. The van der Waals surface area contributed by atoms with E-state index in [2.05, 4.69) is 5.32 Å². The van der Waals surface area contributed by atoms with Gasteiger partial charge in [0.05, 0.1) is 5.56 Å². The van der Waals surface area contributed by atoms with Crippen LogP contribution < -0.4 is 5.32 Å². The van der Waals surface area contributed by atoms with Crippen molar-refractivity contribution >= 4 is 5.97 Å². The first-order chi connectivity index (χ1) is 7.68. The van der Waals surface area contributed by atoms with Gasteiger partial charge >= 0.3 is 5.97 Å². The van der Waals surface area contributed by atoms with E-state index in [0.29, 0.717) is 5.92 Å². The molecule has 0 saturated carbocycles. The van der Waals surface area contributed by atoms with Crippen molar-refractivity contribution in [1.29, 1.82) is 0 Å². The third-order valence-electron chi connectivity index (χ3n) is 3.03. The number of piperidine rings is 1. The highest BCUT2D eigenvalue weighted by molar-refractivity contribution is 5.88. The van der Waals surface area contributed by atoms with E-state index in [4.69, 9.17) is 5.11 Å². The van der Waals surface area contributed by atoms with Gasteiger partial charge < -0.3 is 10.4 Å². The minimum atomic E-state index is -1.20. The Balaban J connectivity index is 2.27. The second-order valence-electron chi connectivity index (χ2n) is 4.07. The highest BCUT2D eigenvalue weighted by Gasteiger charge is 2.18. The number of nitrogens with one attached hydrogen (secondary N) is 1. The molecule has 0 atom stereocenters. The van der Waals surface area contributed by atoms with Crippen LogP contribution in [0.15, 0.2) is 18.2 Å². The zero-order valence-corrected chi connectivity index (χ0v) is 8.87. The van der Waals surface area contributed by atoms with Crippen LogP contribution in [0.4, 0.5) is 4.39 Å². The summed E-state index contributed by atoms with van der Waals surface area (Å²) in [6.07, 6.45) is 1.95. The first-order valence-corrected chi connectivity index (χ1v) is 5.42. The maximum absolute atomic E-state index is 13.2. The van der Waals surface area contributed by atoms with Gasteiger partial charge in [0.25, 0.3) is 0 Å². The predicted octanol–water partition coefficient (Wildman–Crippen LogP) is 1.99. The fourth-order valence-corrected chi connectivity index (χ4v) is 2.12. The Kier molecular flexibility index (Phi) is 3.19. The van der Waals surface area contributed by atoms with Gasteiger partial charge in [-0.3, -0.25) is 0 Å². The molecule has 1 heterocycles. The van der Waals surface area contributed by atoms with Crippen LogP contribution in [0.1, 0.15) is 34.7 Å². The minimum absolute atomic E-state index is 0.226. The van der Waals surface area contributed by atoms with E-state index in [1.807, 2.05) is 0 Å². The standard InChI is InChI=1S/C12H14FNO2/c13-11-2-1-9(7-10(11)12(15)16)8-3-5-14-6-4-8/h1-2,7-8,14H,3-6H2,(H,15,16). The molecule has 1 aromatic carbocycles. The van der Waals surface area contributed by atoms with Crippen LogP contribution in [0.2, 0.25) is 0 Å². The summed E-state index contributed by atoms with van der Waals surface area (Å²) in [6.45, 7) is 1.87. The molecule has 1 aliphatic rings. The van der Waals surface area contributed by atoms with Crippen LogP contribution in [0, 0.1) is 5.82 Å². The second kappa shape index (κ2) is 4.61. The largest absolute Gasteiger partial charge is 0.478 e. The molecule has 0 aromatic heterocycles. The zero-order chi connectivity index (χ0) is 11.5. The molecule has 1 aromatic rings. The quantitative estimate of drug-likeness (QED) is 0.806. The molecule has 1 saturated heterocycles. The highest BCUT2D eigenvalue weighted by atomic mass is 19.1. The number of hydrogen-bond donors (Lipinski definition) is 2. The Morgan fingerprint density at radius 1 is 1.38 bits per heavy atom. The lowest BCUT2D eigenvalue weighted by Crippen LogP contribution is -2.26. The summed E-state index contributed by atoms with van der Waals surface area (Å²) in [7, 11) is 0. The highest BCUT2D eigenvalue weighted by Crippen LogP contribution is 2.26. The van der Waals surface area contributed by atoms with Gasteiger partial charge in [0, 0.05) is 0 Å². The molecule has 3 nitrogen and oxygen atoms in total. The van der Waals surface area contributed by atoms with Crippen molar-refractivity contribution < 1.29 is 14.3 Å². The number of carbonyl (C=O) groups is 1. The van der Waals surface area contributed by atoms with Crippen LogP contribution >= 0.6 is 0 Å². The van der Waals surface area contributed by atoms with Crippen molar-refractivity contribution in [2.24, 2.45) is 0 Å². The fourth-order valence-electron chi connectivity index (χ4n) is 2.12. The van der Waals surface area contributed by atoms with E-state index in [-0.39, 0.29) is 5.56 Å². The molecule has 0 aliphatic carbocycles. The first kappa shape index (κ1) is 11.1. The van der Waals surface area contributed by atoms with Gasteiger partial charge in [-0.15, -0.1) is 0 Å². The Morgan fingerprint density at radius 3 is 2.69 bits per heavy atom. The monoisotopic (exact) mass is 223 g/mol. The van der Waals surface area contributed by atoms with Crippen LogP contribution in [-0.2, 0) is 0 Å². The van der Waals surface area contributed by atoms with Gasteiger partial charge in [-0.1, -0.05) is 6.07 Å². The van der Waals surface area contributed by atoms with E-state index in [1.54, 1.807) is 6.07 Å². The molecule has 0 bridgehead atoms. The molecular formula is C12H14FNO2. The van der Waals surface area contributed by atoms with Crippen LogP contribution in [0.5, 0.6) is 0 Å². The maximum Gasteiger partial charge on any atom is 0.338 e.